The Hall–Kier alpha value is -4.57. The molecule has 0 radical (unpaired) electrons. The molecule has 6 aliphatic rings. The molecule has 5 heterocycles. The minimum absolute atomic E-state index is 0. The smallest absolute Gasteiger partial charge is 0.352 e. The summed E-state index contributed by atoms with van der Waals surface area (Å²) in [7, 11) is 0. The van der Waals surface area contributed by atoms with Gasteiger partial charge in [-0.1, -0.05) is 37.3 Å². The Bertz CT molecular complexity index is 2080. The Morgan fingerprint density at radius 2 is 1.58 bits per heavy atom. The molecule has 270 valence electrons. The molecule has 0 spiro atoms. The monoisotopic (exact) mass is 743 g/mol. The molecule has 13 heteroatoms. The van der Waals surface area contributed by atoms with E-state index in [9.17, 15) is 34.7 Å². The van der Waals surface area contributed by atoms with E-state index in [1.807, 2.05) is 31.2 Å². The van der Waals surface area contributed by atoms with Crippen LogP contribution in [0.1, 0.15) is 46.5 Å². The molecule has 0 saturated carbocycles. The zero-order valence-corrected chi connectivity index (χ0v) is 30.3. The number of para-hydroxylation sites is 1. The fraction of sp³-hybridized carbons (Fsp3) is 0.359. The third-order valence-electron chi connectivity index (χ3n) is 12.0. The van der Waals surface area contributed by atoms with Gasteiger partial charge in [-0.2, -0.15) is 5.26 Å². The van der Waals surface area contributed by atoms with Gasteiger partial charge in [-0.15, -0.1) is 0 Å². The van der Waals surface area contributed by atoms with Crippen molar-refractivity contribution in [2.24, 2.45) is 11.8 Å². The molecule has 3 aromatic rings. The van der Waals surface area contributed by atoms with Gasteiger partial charge < -0.3 is 54.2 Å². The summed E-state index contributed by atoms with van der Waals surface area (Å²) in [5.41, 5.74) is 6.03. The third-order valence-corrected chi connectivity index (χ3v) is 12.0. The normalized spacial score (nSPS) is 27.0. The fourth-order valence-corrected chi connectivity index (χ4v) is 9.33. The van der Waals surface area contributed by atoms with Gasteiger partial charge >= 0.3 is 5.97 Å². The van der Waals surface area contributed by atoms with Gasteiger partial charge in [-0.05, 0) is 59.5 Å². The van der Waals surface area contributed by atoms with E-state index in [-0.39, 0.29) is 54.0 Å². The number of aliphatic carboxylic acids is 1. The lowest BCUT2D eigenvalue weighted by atomic mass is 9.76. The van der Waals surface area contributed by atoms with Crippen LogP contribution in [0, 0.1) is 23.2 Å². The number of hydrogen-bond donors (Lipinski definition) is 3. The Balaban J connectivity index is 0.00000232. The first-order valence-corrected chi connectivity index (χ1v) is 17.2. The van der Waals surface area contributed by atoms with E-state index in [1.54, 1.807) is 37.3 Å². The number of β-lactam (4-membered cyclic amide) rings is 1. The highest BCUT2D eigenvalue weighted by Gasteiger charge is 2.60. The Morgan fingerprint density at radius 3 is 2.23 bits per heavy atom. The molecule has 5 aliphatic heterocycles. The molecular formula is C39H39Cl2N5O6. The number of rotatable bonds is 8. The van der Waals surface area contributed by atoms with Crippen LogP contribution in [0.3, 0.4) is 0 Å². The Labute approximate surface area is 314 Å². The van der Waals surface area contributed by atoms with Gasteiger partial charge in [0.25, 0.3) is 5.91 Å². The van der Waals surface area contributed by atoms with Crippen molar-refractivity contribution in [3.05, 3.63) is 94.2 Å². The minimum Gasteiger partial charge on any atom is -1.00 e. The van der Waals surface area contributed by atoms with Crippen LogP contribution in [0.4, 0.5) is 5.69 Å². The molecule has 0 aromatic heterocycles. The van der Waals surface area contributed by atoms with Crippen LogP contribution in [0.25, 0.3) is 16.7 Å². The summed E-state index contributed by atoms with van der Waals surface area (Å²) in [6, 6.07) is 20.3. The van der Waals surface area contributed by atoms with Gasteiger partial charge in [0.1, 0.15) is 57.6 Å². The average molecular weight is 745 g/mol. The number of hydrogen-bond acceptors (Lipinski definition) is 6. The van der Waals surface area contributed by atoms with Crippen molar-refractivity contribution in [3.63, 3.8) is 0 Å². The second-order valence-corrected chi connectivity index (χ2v) is 14.8. The molecule has 2 bridgehead atoms. The SMILES string of the molecule is C[C@@H](O)[C@H]1C(=O)N2C(C(=O)O)=C(c3ccc4c(c3)-c3ccc(C[N+]56CC[N+](CC(=O)Nc7ccccc7C#N)(CC5)CC6)cc3C4=O)[C@H](C)[C@H]12.[Cl-].[Cl-]. The molecule has 4 saturated heterocycles. The number of aliphatic hydroxyl groups excluding tert-OH is 1. The van der Waals surface area contributed by atoms with Crippen molar-refractivity contribution in [1.29, 1.82) is 5.26 Å². The van der Waals surface area contributed by atoms with E-state index < -0.39 is 24.0 Å². The second-order valence-electron chi connectivity index (χ2n) is 14.8. The zero-order valence-electron chi connectivity index (χ0n) is 28.8. The molecule has 2 amide bonds. The van der Waals surface area contributed by atoms with E-state index in [0.29, 0.717) is 40.1 Å². The van der Waals surface area contributed by atoms with Crippen molar-refractivity contribution in [3.8, 4) is 17.2 Å². The topological polar surface area (TPSA) is 148 Å². The number of carbonyl (C=O) groups is 4. The summed E-state index contributed by atoms with van der Waals surface area (Å²) < 4.78 is 1.66. The third kappa shape index (κ3) is 5.70. The number of carboxylic acids is 1. The first kappa shape index (κ1) is 37.2. The highest BCUT2D eigenvalue weighted by Crippen LogP contribution is 2.51. The number of amides is 2. The van der Waals surface area contributed by atoms with Crippen molar-refractivity contribution in [2.45, 2.75) is 32.5 Å². The maximum atomic E-state index is 13.7. The van der Waals surface area contributed by atoms with Crippen LogP contribution >= 0.6 is 0 Å². The highest BCUT2D eigenvalue weighted by molar-refractivity contribution is 6.22. The van der Waals surface area contributed by atoms with Gasteiger partial charge in [0.15, 0.2) is 12.3 Å². The number of piperazine rings is 3. The molecule has 9 rings (SSSR count). The number of carboxylic acid groups (broad SMARTS) is 1. The molecule has 1 aliphatic carbocycles. The summed E-state index contributed by atoms with van der Waals surface area (Å²) in [5, 5.41) is 32.7. The predicted molar refractivity (Wildman–Crippen MR) is 183 cm³/mol. The number of carbonyl (C=O) groups excluding carboxylic acids is 3. The number of nitrogens with one attached hydrogen (secondary N) is 1. The van der Waals surface area contributed by atoms with Crippen LogP contribution in [0.2, 0.25) is 0 Å². The molecular weight excluding hydrogens is 705 g/mol. The number of quaternary nitrogens is 2. The summed E-state index contributed by atoms with van der Waals surface area (Å²) >= 11 is 0. The highest BCUT2D eigenvalue weighted by atomic mass is 35.5. The van der Waals surface area contributed by atoms with Gasteiger partial charge in [0.05, 0.1) is 29.3 Å². The van der Waals surface area contributed by atoms with Crippen molar-refractivity contribution < 1.29 is 63.2 Å². The maximum Gasteiger partial charge on any atom is 0.352 e. The predicted octanol–water partition coefficient (Wildman–Crippen LogP) is -2.77. The molecule has 11 nitrogen and oxygen atoms in total. The number of nitrogens with zero attached hydrogens (tertiary/aromatic N) is 4. The van der Waals surface area contributed by atoms with Crippen molar-refractivity contribution in [2.75, 3.05) is 51.1 Å². The van der Waals surface area contributed by atoms with Crippen molar-refractivity contribution in [1.82, 2.24) is 4.90 Å². The lowest BCUT2D eigenvalue weighted by Crippen LogP contribution is -3.00. The number of halogens is 2. The summed E-state index contributed by atoms with van der Waals surface area (Å²) in [5.74, 6) is -2.63. The molecule has 0 unspecified atom stereocenters. The van der Waals surface area contributed by atoms with Crippen LogP contribution in [0.5, 0.6) is 0 Å². The van der Waals surface area contributed by atoms with Crippen LogP contribution in [-0.2, 0) is 20.9 Å². The standard InChI is InChI=1S/C39H37N5O6.2ClH/c1-22-33(36(39(49)50)42-35(22)34(23(2)45)38(42)48)25-8-10-28-29(18-25)27-9-7-24(17-30(27)37(28)47)20-43-11-14-44(15-12-43,16-13-43)21-32(46)41-31-6-4-3-5-26(31)19-40;;/h3-10,17-18,22-23,34-35,45H,11-16,20-21H2,1-2H3;2*1H/t22-,23+,34+,35+,43?,44?;;/m0../s1. The first-order valence-electron chi connectivity index (χ1n) is 17.2. The molecule has 52 heavy (non-hydrogen) atoms. The van der Waals surface area contributed by atoms with Crippen molar-refractivity contribution >= 4 is 34.8 Å². The quantitative estimate of drug-likeness (QED) is 0.131. The van der Waals surface area contributed by atoms with Crippen LogP contribution in [-0.4, -0.2) is 106 Å². The number of benzene rings is 3. The Morgan fingerprint density at radius 1 is 0.923 bits per heavy atom. The lowest BCUT2D eigenvalue weighted by Gasteiger charge is -2.55. The number of fused-ring (bicyclic) bond motifs is 7. The van der Waals surface area contributed by atoms with E-state index in [0.717, 1.165) is 71.5 Å². The van der Waals surface area contributed by atoms with Gasteiger partial charge in [-0.25, -0.2) is 4.79 Å². The van der Waals surface area contributed by atoms with E-state index >= 15 is 0 Å². The lowest BCUT2D eigenvalue weighted by molar-refractivity contribution is -1.08. The van der Waals surface area contributed by atoms with E-state index in [4.69, 9.17) is 0 Å². The number of nitriles is 1. The summed E-state index contributed by atoms with van der Waals surface area (Å²) in [6.45, 7) is 10.1. The zero-order chi connectivity index (χ0) is 35.1. The molecule has 4 fully saturated rings. The van der Waals surface area contributed by atoms with Crippen LogP contribution in [0.15, 0.2) is 66.4 Å². The minimum atomic E-state index is -1.18. The first-order chi connectivity index (χ1) is 23.9. The van der Waals surface area contributed by atoms with Gasteiger partial charge in [0.2, 0.25) is 5.91 Å². The number of anilines is 1. The Kier molecular flexibility index (Phi) is 9.62. The summed E-state index contributed by atoms with van der Waals surface area (Å²) in [6.07, 6.45) is -0.882. The maximum absolute atomic E-state index is 13.7. The van der Waals surface area contributed by atoms with E-state index in [1.165, 1.54) is 4.90 Å². The summed E-state index contributed by atoms with van der Waals surface area (Å²) in [4.78, 5) is 53.4. The van der Waals surface area contributed by atoms with E-state index in [2.05, 4.69) is 17.5 Å². The number of aliphatic hydroxyl groups is 1. The molecule has 4 atom stereocenters. The number of ketones is 1. The fourth-order valence-electron chi connectivity index (χ4n) is 9.33. The van der Waals surface area contributed by atoms with Gasteiger partial charge in [0, 0.05) is 22.6 Å². The molecule has 3 N–H and O–H groups in total. The largest absolute Gasteiger partial charge is 1.00 e. The average Bonchev–Trinajstić information content (AvgIpc) is 3.52. The second kappa shape index (κ2) is 13.4. The van der Waals surface area contributed by atoms with Crippen LogP contribution < -0.4 is 30.1 Å². The molecule has 3 aromatic carbocycles. The van der Waals surface area contributed by atoms with Gasteiger partial charge in [-0.3, -0.25) is 14.4 Å².